The lowest BCUT2D eigenvalue weighted by atomic mass is 9.93. The van der Waals surface area contributed by atoms with Crippen molar-refractivity contribution in [2.24, 2.45) is 0 Å². The molecule has 0 saturated carbocycles. The summed E-state index contributed by atoms with van der Waals surface area (Å²) >= 11 is 0. The number of halogens is 1. The Bertz CT molecular complexity index is 946. The van der Waals surface area contributed by atoms with E-state index in [1.165, 1.54) is 4.90 Å². The summed E-state index contributed by atoms with van der Waals surface area (Å²) in [6.07, 6.45) is 5.54. The Balaban J connectivity index is 1.30. The first-order chi connectivity index (χ1) is 16.0. The molecule has 0 spiro atoms. The van der Waals surface area contributed by atoms with Crippen molar-refractivity contribution in [3.8, 4) is 0 Å². The highest BCUT2D eigenvalue weighted by molar-refractivity contribution is 6.01. The van der Waals surface area contributed by atoms with Crippen LogP contribution in [0.3, 0.4) is 0 Å². The summed E-state index contributed by atoms with van der Waals surface area (Å²) in [5.41, 5.74) is 1.95. The van der Waals surface area contributed by atoms with Crippen molar-refractivity contribution in [2.75, 3.05) is 19.8 Å². The van der Waals surface area contributed by atoms with Crippen molar-refractivity contribution < 1.29 is 23.5 Å². The number of carbonyl (C=O) groups excluding carboxylic acids is 2. The van der Waals surface area contributed by atoms with Crippen LogP contribution in [0.5, 0.6) is 0 Å². The molecule has 4 aliphatic heterocycles. The first kappa shape index (κ1) is 22.5. The van der Waals surface area contributed by atoms with Gasteiger partial charge in [0.15, 0.2) is 0 Å². The van der Waals surface area contributed by atoms with Crippen LogP contribution in [0.4, 0.5) is 4.39 Å². The van der Waals surface area contributed by atoms with E-state index in [2.05, 4.69) is 17.2 Å². The Hall–Kier alpha value is -2.29. The van der Waals surface area contributed by atoms with Gasteiger partial charge in [-0.3, -0.25) is 9.59 Å². The van der Waals surface area contributed by atoms with E-state index in [9.17, 15) is 9.59 Å². The number of piperidine rings is 1. The number of carbonyl (C=O) groups is 2. The molecule has 178 valence electrons. The van der Waals surface area contributed by atoms with Gasteiger partial charge in [-0.05, 0) is 50.2 Å². The number of allylic oxidation sites excluding steroid dienone is 1. The van der Waals surface area contributed by atoms with Crippen LogP contribution in [0, 0.1) is 5.82 Å². The predicted octanol–water partition coefficient (Wildman–Crippen LogP) is 2.43. The maximum Gasteiger partial charge on any atom is 0.255 e. The normalized spacial score (nSPS) is 30.3. The van der Waals surface area contributed by atoms with Gasteiger partial charge in [0, 0.05) is 48.5 Å². The average Bonchev–Trinajstić information content (AvgIpc) is 3.14. The van der Waals surface area contributed by atoms with Crippen LogP contribution in [-0.2, 0) is 27.2 Å². The molecule has 3 saturated heterocycles. The Labute approximate surface area is 193 Å². The number of nitrogens with zero attached hydrogens (tertiary/aromatic N) is 1. The van der Waals surface area contributed by atoms with Gasteiger partial charge in [0.05, 0.1) is 19.3 Å². The van der Waals surface area contributed by atoms with Gasteiger partial charge >= 0.3 is 0 Å². The molecule has 0 bridgehead atoms. The molecule has 7 nitrogen and oxygen atoms in total. The Kier molecular flexibility index (Phi) is 6.49. The third-order valence-electron chi connectivity index (χ3n) is 7.31. The molecular weight excluding hydrogens is 425 g/mol. The first-order valence-electron chi connectivity index (χ1n) is 12.1. The van der Waals surface area contributed by atoms with Gasteiger partial charge in [0.25, 0.3) is 5.91 Å². The van der Waals surface area contributed by atoms with E-state index in [4.69, 9.17) is 9.47 Å². The summed E-state index contributed by atoms with van der Waals surface area (Å²) in [5, 5.41) is 6.40. The number of rotatable bonds is 5. The molecule has 1 unspecified atom stereocenters. The lowest BCUT2D eigenvalue weighted by Crippen LogP contribution is -2.51. The van der Waals surface area contributed by atoms with Crippen LogP contribution in [0.25, 0.3) is 0 Å². The van der Waals surface area contributed by atoms with Crippen molar-refractivity contribution in [3.63, 3.8) is 0 Å². The molecule has 33 heavy (non-hydrogen) atoms. The predicted molar refractivity (Wildman–Crippen MR) is 120 cm³/mol. The molecular formula is C25H32FN3O4. The Morgan fingerprint density at radius 2 is 2.03 bits per heavy atom. The molecule has 4 heterocycles. The van der Waals surface area contributed by atoms with Crippen LogP contribution < -0.4 is 10.6 Å². The van der Waals surface area contributed by atoms with Crippen LogP contribution in [-0.4, -0.2) is 60.8 Å². The monoisotopic (exact) mass is 457 g/mol. The summed E-state index contributed by atoms with van der Waals surface area (Å²) in [6, 6.07) is 3.27. The van der Waals surface area contributed by atoms with Gasteiger partial charge in [0.2, 0.25) is 5.91 Å². The Morgan fingerprint density at radius 1 is 1.18 bits per heavy atom. The SMILES string of the molecule is C=C1CCC(N2Cc3c(ccc(C[C@H]4OCCC[C@@H]4N[C@@H]4CCCOC4)c3F)C2=O)C(=O)N1. The molecule has 4 aliphatic rings. The molecule has 3 fully saturated rings. The molecule has 2 N–H and O–H groups in total. The second-order valence-electron chi connectivity index (χ2n) is 9.59. The molecule has 0 aliphatic carbocycles. The zero-order valence-electron chi connectivity index (χ0n) is 18.9. The quantitative estimate of drug-likeness (QED) is 0.710. The first-order valence-corrected chi connectivity index (χ1v) is 12.1. The van der Waals surface area contributed by atoms with Crippen LogP contribution in [0.2, 0.25) is 0 Å². The molecule has 1 aromatic carbocycles. The fraction of sp³-hybridized carbons (Fsp3) is 0.600. The maximum atomic E-state index is 15.6. The van der Waals surface area contributed by atoms with Crippen molar-refractivity contribution in [1.82, 2.24) is 15.5 Å². The molecule has 1 aromatic rings. The van der Waals surface area contributed by atoms with Gasteiger partial charge < -0.3 is 25.0 Å². The Morgan fingerprint density at radius 3 is 2.82 bits per heavy atom. The minimum Gasteiger partial charge on any atom is -0.380 e. The number of benzene rings is 1. The van der Waals surface area contributed by atoms with Gasteiger partial charge in [-0.25, -0.2) is 4.39 Å². The summed E-state index contributed by atoms with van der Waals surface area (Å²) in [7, 11) is 0. The second-order valence-corrected chi connectivity index (χ2v) is 9.59. The molecule has 5 rings (SSSR count). The van der Waals surface area contributed by atoms with E-state index in [0.717, 1.165) is 32.3 Å². The van der Waals surface area contributed by atoms with Gasteiger partial charge in [0.1, 0.15) is 11.9 Å². The lowest BCUT2D eigenvalue weighted by molar-refractivity contribution is -0.126. The molecule has 0 aromatic heterocycles. The third-order valence-corrected chi connectivity index (χ3v) is 7.31. The number of amides is 2. The average molecular weight is 458 g/mol. The molecule has 0 radical (unpaired) electrons. The highest BCUT2D eigenvalue weighted by Gasteiger charge is 2.40. The molecule has 8 heteroatoms. The van der Waals surface area contributed by atoms with E-state index in [1.54, 1.807) is 12.1 Å². The highest BCUT2D eigenvalue weighted by Crippen LogP contribution is 2.32. The van der Waals surface area contributed by atoms with E-state index in [-0.39, 0.29) is 36.3 Å². The second kappa shape index (κ2) is 9.52. The van der Waals surface area contributed by atoms with Gasteiger partial charge in [-0.2, -0.15) is 0 Å². The summed E-state index contributed by atoms with van der Waals surface area (Å²) < 4.78 is 27.3. The van der Waals surface area contributed by atoms with Crippen molar-refractivity contribution in [3.05, 3.63) is 46.9 Å². The van der Waals surface area contributed by atoms with Crippen LogP contribution in [0.15, 0.2) is 24.4 Å². The standard InChI is InChI=1S/C25H32FN3O4/c1-15-6-9-21(24(30)27-15)29-13-19-18(25(29)31)8-7-16(23(19)26)12-22-20(5-3-11-33-22)28-17-4-2-10-32-14-17/h7-8,17,20-22,28H,1-6,9-14H2,(H,27,30)/t17-,20+,21?,22-/m1/s1. The van der Waals surface area contributed by atoms with Crippen molar-refractivity contribution >= 4 is 11.8 Å². The fourth-order valence-corrected chi connectivity index (χ4v) is 5.51. The summed E-state index contributed by atoms with van der Waals surface area (Å²) in [6.45, 7) is 6.10. The maximum absolute atomic E-state index is 15.6. The fourth-order valence-electron chi connectivity index (χ4n) is 5.51. The number of hydrogen-bond donors (Lipinski definition) is 2. The third kappa shape index (κ3) is 4.56. The minimum absolute atomic E-state index is 0.116. The smallest absolute Gasteiger partial charge is 0.255 e. The van der Waals surface area contributed by atoms with E-state index < -0.39 is 6.04 Å². The highest BCUT2D eigenvalue weighted by atomic mass is 19.1. The van der Waals surface area contributed by atoms with E-state index in [1.807, 2.05) is 0 Å². The number of ether oxygens (including phenoxy) is 2. The molecule has 4 atom stereocenters. The minimum atomic E-state index is -0.591. The number of fused-ring (bicyclic) bond motifs is 1. The summed E-state index contributed by atoms with van der Waals surface area (Å²) in [4.78, 5) is 26.9. The lowest BCUT2D eigenvalue weighted by Gasteiger charge is -2.36. The van der Waals surface area contributed by atoms with Crippen molar-refractivity contribution in [2.45, 2.75) is 75.7 Å². The van der Waals surface area contributed by atoms with Crippen LogP contribution >= 0.6 is 0 Å². The topological polar surface area (TPSA) is 79.9 Å². The zero-order valence-corrected chi connectivity index (χ0v) is 18.9. The van der Waals surface area contributed by atoms with Crippen molar-refractivity contribution in [1.29, 1.82) is 0 Å². The molecule has 2 amide bonds. The van der Waals surface area contributed by atoms with E-state index >= 15 is 4.39 Å². The van der Waals surface area contributed by atoms with Crippen LogP contribution in [0.1, 0.15) is 60.0 Å². The van der Waals surface area contributed by atoms with Gasteiger partial charge in [-0.1, -0.05) is 12.6 Å². The number of nitrogens with one attached hydrogen (secondary N) is 2. The largest absolute Gasteiger partial charge is 0.380 e. The zero-order chi connectivity index (χ0) is 22.9. The van der Waals surface area contributed by atoms with E-state index in [0.29, 0.717) is 60.9 Å². The number of hydrogen-bond acceptors (Lipinski definition) is 5. The van der Waals surface area contributed by atoms with Gasteiger partial charge in [-0.15, -0.1) is 0 Å². The summed E-state index contributed by atoms with van der Waals surface area (Å²) in [5.74, 6) is -0.879.